The largest absolute Gasteiger partial charge is 0.507 e. The molecule has 12 aromatic rings. The molecule has 0 aliphatic carbocycles. The van der Waals surface area contributed by atoms with Crippen molar-refractivity contribution in [2.75, 3.05) is 19.8 Å². The minimum atomic E-state index is -0.354. The number of hydrogen-bond acceptors (Lipinski definition) is 21. The average molecular weight is 1980 g/mol. The van der Waals surface area contributed by atoms with E-state index < -0.39 is 0 Å². The highest BCUT2D eigenvalue weighted by molar-refractivity contribution is 5.92. The Hall–Kier alpha value is -12.8. The zero-order chi connectivity index (χ0) is 106. The first-order valence-electron chi connectivity index (χ1n) is 53.6. The molecule has 21 nitrogen and oxygen atoms in total. The third kappa shape index (κ3) is 37.3. The van der Waals surface area contributed by atoms with E-state index >= 15 is 0 Å². The predicted molar refractivity (Wildman–Crippen MR) is 591 cm³/mol. The van der Waals surface area contributed by atoms with Gasteiger partial charge < -0.3 is 44.8 Å². The summed E-state index contributed by atoms with van der Waals surface area (Å²) in [6.07, 6.45) is 31.3. The molecule has 7 unspecified atom stereocenters. The number of hydrogen-bond donors (Lipinski definition) is 6. The number of unbranched alkanes of at least 4 members (excludes halogenated alkanes) is 10. The molecule has 21 heteroatoms. The molecule has 12 rings (SSSR count). The molecule has 6 N–H and O–H groups in total. The Kier molecular flexibility index (Phi) is 45.2. The molecule has 0 saturated heterocycles. The van der Waals surface area contributed by atoms with Crippen molar-refractivity contribution in [2.45, 2.75) is 298 Å². The summed E-state index contributed by atoms with van der Waals surface area (Å²) in [5, 5.41) is 63.8. The summed E-state index contributed by atoms with van der Waals surface area (Å²) in [5.41, 5.74) is 9.28. The van der Waals surface area contributed by atoms with Crippen LogP contribution >= 0.6 is 0 Å². The zero-order valence-corrected chi connectivity index (χ0v) is 90.4. The minimum absolute atomic E-state index is 0.0330. The van der Waals surface area contributed by atoms with Gasteiger partial charge in [0.05, 0.1) is 69.9 Å². The summed E-state index contributed by atoms with van der Waals surface area (Å²) < 4.78 is 17.8. The number of esters is 3. The van der Waals surface area contributed by atoms with Crippen LogP contribution in [0.1, 0.15) is 325 Å². The number of ether oxygens (including phenoxy) is 3. The highest BCUT2D eigenvalue weighted by Crippen LogP contribution is 2.41. The summed E-state index contributed by atoms with van der Waals surface area (Å²) >= 11 is 0. The molecule has 0 aliphatic rings. The number of aromatic hydroxyl groups is 6. The van der Waals surface area contributed by atoms with Gasteiger partial charge in [-0.1, -0.05) is 330 Å². The number of nitrogens with zero attached hydrogens (tertiary/aromatic N) is 9. The number of phenols is 6. The SMILES string of the molecule is CCCCCCCCCC(CCCCCCC)COC(=O)c1ccc(-c2nc(-c3ccccc3O)nc(-c3ccc(C)cc3O)n2)cc1.Cc1ccc(-c2nc(-c3ccc(C(=O)OCC(CCC(C)CC(C)(C)C)C(C)CC(C)(C)C)cc3)nc(-c3ccccc3O)n2)c(O)c1.Cc1ccc(-c2nc(-c3ccc(C(=O)OCC(CCC(C)CCCC(C)C)C(C)CCCC(C)C)cc3)nc(-c3ccccc3O)n2)c(O)c1. The predicted octanol–water partition coefficient (Wildman–Crippen LogP) is 32.2. The first-order chi connectivity index (χ1) is 69.8. The fourth-order valence-corrected chi connectivity index (χ4v) is 19.0. The molecule has 780 valence electrons. The zero-order valence-electron chi connectivity index (χ0n) is 90.4. The van der Waals surface area contributed by atoms with Crippen molar-refractivity contribution in [1.82, 2.24) is 44.9 Å². The summed E-state index contributed by atoms with van der Waals surface area (Å²) in [4.78, 5) is 81.6. The Labute approximate surface area is 869 Å². The number of benzene rings is 9. The lowest BCUT2D eigenvalue weighted by Gasteiger charge is -2.31. The molecule has 0 bridgehead atoms. The van der Waals surface area contributed by atoms with E-state index in [1.807, 2.05) is 39.0 Å². The van der Waals surface area contributed by atoms with Gasteiger partial charge in [0.25, 0.3) is 0 Å². The second-order valence-corrected chi connectivity index (χ2v) is 44.1. The van der Waals surface area contributed by atoms with Gasteiger partial charge in [0.15, 0.2) is 52.4 Å². The molecule has 0 saturated carbocycles. The van der Waals surface area contributed by atoms with Crippen molar-refractivity contribution in [3.63, 3.8) is 0 Å². The lowest BCUT2D eigenvalue weighted by molar-refractivity contribution is 0.0352. The van der Waals surface area contributed by atoms with Gasteiger partial charge in [-0.2, -0.15) is 0 Å². The molecule has 3 aromatic heterocycles. The van der Waals surface area contributed by atoms with E-state index in [1.165, 1.54) is 116 Å². The van der Waals surface area contributed by atoms with Gasteiger partial charge in [-0.3, -0.25) is 0 Å². The maximum absolute atomic E-state index is 13.3. The Morgan fingerprint density at radius 3 is 0.877 bits per heavy atom. The topological polar surface area (TPSA) is 316 Å². The van der Waals surface area contributed by atoms with E-state index in [1.54, 1.807) is 182 Å². The number of phenolic OH excluding ortho intramolecular Hbond substituents is 6. The third-order valence-corrected chi connectivity index (χ3v) is 27.4. The first kappa shape index (κ1) is 115. The van der Waals surface area contributed by atoms with Crippen molar-refractivity contribution in [3.8, 4) is 137 Å². The van der Waals surface area contributed by atoms with Gasteiger partial charge in [0, 0.05) is 16.7 Å². The first-order valence-corrected chi connectivity index (χ1v) is 53.6. The molecule has 7 atom stereocenters. The number of carbonyl (C=O) groups excluding carboxylic acids is 3. The molecular formula is C125H163N9O12. The summed E-state index contributed by atoms with van der Waals surface area (Å²) in [7, 11) is 0. The second-order valence-electron chi connectivity index (χ2n) is 44.1. The molecule has 0 aliphatic heterocycles. The van der Waals surface area contributed by atoms with Gasteiger partial charge in [-0.15, -0.1) is 0 Å². The van der Waals surface area contributed by atoms with E-state index in [2.05, 4.69) is 156 Å². The summed E-state index contributed by atoms with van der Waals surface area (Å²) in [6.45, 7) is 43.5. The lowest BCUT2D eigenvalue weighted by Crippen LogP contribution is -2.25. The van der Waals surface area contributed by atoms with Crippen molar-refractivity contribution in [3.05, 3.63) is 234 Å². The summed E-state index contributed by atoms with van der Waals surface area (Å²) in [5.74, 6) is 6.56. The third-order valence-electron chi connectivity index (χ3n) is 27.4. The molecule has 9 aromatic carbocycles. The van der Waals surface area contributed by atoms with Crippen LogP contribution in [-0.4, -0.2) is 113 Å². The molecular weight excluding hydrogens is 1820 g/mol. The van der Waals surface area contributed by atoms with Crippen LogP contribution in [0.4, 0.5) is 0 Å². The number of aryl methyl sites for hydroxylation is 3. The number of rotatable bonds is 50. The lowest BCUT2D eigenvalue weighted by atomic mass is 9.76. The monoisotopic (exact) mass is 1980 g/mol. The van der Waals surface area contributed by atoms with E-state index in [9.17, 15) is 45.0 Å². The Bertz CT molecular complexity index is 6090. The van der Waals surface area contributed by atoms with Gasteiger partial charge in [-0.05, 0) is 249 Å². The van der Waals surface area contributed by atoms with Crippen LogP contribution in [0.2, 0.25) is 0 Å². The fourth-order valence-electron chi connectivity index (χ4n) is 19.0. The normalized spacial score (nSPS) is 13.0. The Morgan fingerprint density at radius 2 is 0.562 bits per heavy atom. The number of para-hydroxylation sites is 3. The average Bonchev–Trinajstić information content (AvgIpc) is 0.793. The molecule has 3 heterocycles. The standard InChI is InChI=1S/C43H57N3O4.2C41H53N3O4/c1-28(2)12-10-14-30(5)18-20-35(32(7)15-11-13-29(3)4)27-50-43(49)34-23-21-33(22-24-34)40-44-41(36-16-8-9-17-38(36)47)46-42(45-40)37-25-19-31(6)26-39(37)48;1-26-15-21-33(35(46)22-26)38-43-36(42-37(44-38)32-12-10-11-13-34(32)45)29-17-19-30(20-18-29)39(47)48-25-31(28(3)24-41(7,8)9)16-14-27(2)23-40(4,5)6;1-4-6-8-10-11-13-15-19-31(18-14-12-9-7-5-2)29-48-41(47)33-25-23-32(24-26-33)38-42-39(34-20-16-17-21-36(34)45)44-40(43-38)35-27-22-30(3)28-37(35)46/h8-9,16-17,19,21-26,28-30,32,35,47-48H,10-15,18,20,27H2,1-7H3;10-13,15,17-22,27-28,31,45-46H,14,16,23-25H2,1-9H3;16-17,20-28,31,45-46H,4-15,18-19,29H2,1-3H3. The van der Waals surface area contributed by atoms with Crippen molar-refractivity contribution in [1.29, 1.82) is 0 Å². The van der Waals surface area contributed by atoms with Crippen molar-refractivity contribution >= 4 is 17.9 Å². The molecule has 0 amide bonds. The molecule has 0 radical (unpaired) electrons. The minimum Gasteiger partial charge on any atom is -0.507 e. The van der Waals surface area contributed by atoms with Gasteiger partial charge in [0.2, 0.25) is 0 Å². The van der Waals surface area contributed by atoms with Gasteiger partial charge in [-0.25, -0.2) is 59.2 Å². The Balaban J connectivity index is 0.000000224. The van der Waals surface area contributed by atoms with Crippen molar-refractivity contribution in [2.24, 2.45) is 64.1 Å². The van der Waals surface area contributed by atoms with E-state index in [0.29, 0.717) is 151 Å². The van der Waals surface area contributed by atoms with Crippen LogP contribution in [0, 0.1) is 84.9 Å². The van der Waals surface area contributed by atoms with E-state index in [4.69, 9.17) is 14.2 Å². The van der Waals surface area contributed by atoms with Crippen LogP contribution in [-0.2, 0) is 14.2 Å². The van der Waals surface area contributed by atoms with Crippen LogP contribution in [0.5, 0.6) is 34.5 Å². The van der Waals surface area contributed by atoms with E-state index in [0.717, 1.165) is 74.0 Å². The Morgan fingerprint density at radius 1 is 0.274 bits per heavy atom. The van der Waals surface area contributed by atoms with Gasteiger partial charge >= 0.3 is 17.9 Å². The van der Waals surface area contributed by atoms with Crippen LogP contribution in [0.15, 0.2) is 200 Å². The quantitative estimate of drug-likeness (QED) is 0.0117. The highest BCUT2D eigenvalue weighted by Gasteiger charge is 2.30. The van der Waals surface area contributed by atoms with Crippen LogP contribution < -0.4 is 0 Å². The maximum Gasteiger partial charge on any atom is 0.338 e. The molecule has 0 fully saturated rings. The van der Waals surface area contributed by atoms with E-state index in [-0.39, 0.29) is 98.7 Å². The summed E-state index contributed by atoms with van der Waals surface area (Å²) in [6, 6.07) is 57.6. The number of carbonyl (C=O) groups is 3. The highest BCUT2D eigenvalue weighted by atomic mass is 16.5. The molecule has 146 heavy (non-hydrogen) atoms. The van der Waals surface area contributed by atoms with Crippen LogP contribution in [0.3, 0.4) is 0 Å². The van der Waals surface area contributed by atoms with Crippen molar-refractivity contribution < 1.29 is 59.2 Å². The maximum atomic E-state index is 13.3. The van der Waals surface area contributed by atoms with Crippen LogP contribution in [0.25, 0.3) is 102 Å². The van der Waals surface area contributed by atoms with Gasteiger partial charge in [0.1, 0.15) is 34.5 Å². The second kappa shape index (κ2) is 57.4. The molecule has 0 spiro atoms. The number of aromatic nitrogens is 9. The fraction of sp³-hybridized carbons (Fsp3) is 0.472. The smallest absolute Gasteiger partial charge is 0.338 e.